The van der Waals surface area contributed by atoms with Gasteiger partial charge in [0.2, 0.25) is 0 Å². The highest BCUT2D eigenvalue weighted by atomic mass is 35.5. The van der Waals surface area contributed by atoms with Gasteiger partial charge in [-0.2, -0.15) is 5.10 Å². The Morgan fingerprint density at radius 2 is 2.10 bits per heavy atom. The van der Waals surface area contributed by atoms with Crippen molar-refractivity contribution in [3.8, 4) is 5.69 Å². The van der Waals surface area contributed by atoms with Crippen LogP contribution in [0.1, 0.15) is 18.2 Å². The first-order valence-corrected chi connectivity index (χ1v) is 7.28. The summed E-state index contributed by atoms with van der Waals surface area (Å²) in [7, 11) is 0. The Kier molecular flexibility index (Phi) is 5.39. The average Bonchev–Trinajstić information content (AvgIpc) is 2.87. The molecule has 21 heavy (non-hydrogen) atoms. The van der Waals surface area contributed by atoms with Crippen LogP contribution in [0.3, 0.4) is 0 Å². The van der Waals surface area contributed by atoms with Crippen molar-refractivity contribution in [2.24, 2.45) is 0 Å². The van der Waals surface area contributed by atoms with Crippen LogP contribution in [0.15, 0.2) is 36.5 Å². The van der Waals surface area contributed by atoms with Gasteiger partial charge in [0.15, 0.2) is 0 Å². The molecule has 1 atom stereocenters. The Morgan fingerprint density at radius 3 is 2.86 bits per heavy atom. The van der Waals surface area contributed by atoms with Gasteiger partial charge in [0, 0.05) is 38.4 Å². The topological polar surface area (TPSA) is 33.1 Å². The number of hydrogen-bond acceptors (Lipinski definition) is 3. The van der Waals surface area contributed by atoms with E-state index in [-0.39, 0.29) is 12.4 Å². The molecule has 0 aliphatic carbocycles. The molecule has 1 unspecified atom stereocenters. The van der Waals surface area contributed by atoms with Crippen molar-refractivity contribution in [2.45, 2.75) is 26.4 Å². The number of piperazine rings is 1. The van der Waals surface area contributed by atoms with Gasteiger partial charge >= 0.3 is 0 Å². The smallest absolute Gasteiger partial charge is 0.0678 e. The maximum Gasteiger partial charge on any atom is 0.0678 e. The van der Waals surface area contributed by atoms with Crippen LogP contribution in [-0.2, 0) is 6.54 Å². The minimum Gasteiger partial charge on any atom is -0.312 e. The molecule has 5 heteroatoms. The minimum absolute atomic E-state index is 0. The molecule has 0 radical (unpaired) electrons. The quantitative estimate of drug-likeness (QED) is 0.945. The Balaban J connectivity index is 0.00000161. The zero-order chi connectivity index (χ0) is 13.9. The molecule has 114 valence electrons. The predicted octanol–water partition coefficient (Wildman–Crippen LogP) is 2.40. The normalized spacial score (nSPS) is 19.2. The van der Waals surface area contributed by atoms with Crippen molar-refractivity contribution in [2.75, 3.05) is 19.6 Å². The average molecular weight is 307 g/mol. The van der Waals surface area contributed by atoms with E-state index in [0.717, 1.165) is 26.2 Å². The predicted molar refractivity (Wildman–Crippen MR) is 88.3 cm³/mol. The molecule has 0 amide bonds. The van der Waals surface area contributed by atoms with E-state index in [1.807, 2.05) is 6.20 Å². The van der Waals surface area contributed by atoms with Crippen molar-refractivity contribution in [1.82, 2.24) is 20.0 Å². The third-order valence-electron chi connectivity index (χ3n) is 3.90. The van der Waals surface area contributed by atoms with Crippen LogP contribution in [0.5, 0.6) is 0 Å². The van der Waals surface area contributed by atoms with E-state index in [0.29, 0.717) is 6.04 Å². The molecule has 3 rings (SSSR count). The van der Waals surface area contributed by atoms with Gasteiger partial charge in [-0.05, 0) is 31.5 Å². The first kappa shape index (κ1) is 16.0. The second-order valence-corrected chi connectivity index (χ2v) is 5.61. The van der Waals surface area contributed by atoms with Crippen molar-refractivity contribution in [3.05, 3.63) is 47.8 Å². The molecule has 0 bridgehead atoms. The first-order valence-electron chi connectivity index (χ1n) is 7.28. The standard InChI is InChI=1S/C16H22N4.ClH/c1-13-5-3-4-6-16(13)20-15(7-8-18-20)12-19-10-9-17-14(2)11-19;/h3-8,14,17H,9-12H2,1-2H3;1H. The SMILES string of the molecule is Cc1ccccc1-n1nccc1CN1CCNC(C)C1.Cl. The fourth-order valence-electron chi connectivity index (χ4n) is 2.85. The van der Waals surface area contributed by atoms with Gasteiger partial charge in [0.05, 0.1) is 11.4 Å². The van der Waals surface area contributed by atoms with E-state index in [2.05, 4.69) is 64.2 Å². The molecule has 0 spiro atoms. The monoisotopic (exact) mass is 306 g/mol. The summed E-state index contributed by atoms with van der Waals surface area (Å²) in [5.41, 5.74) is 3.69. The number of para-hydroxylation sites is 1. The van der Waals surface area contributed by atoms with E-state index in [4.69, 9.17) is 0 Å². The van der Waals surface area contributed by atoms with E-state index in [1.54, 1.807) is 0 Å². The molecular weight excluding hydrogens is 284 g/mol. The lowest BCUT2D eigenvalue weighted by atomic mass is 10.2. The minimum atomic E-state index is 0. The summed E-state index contributed by atoms with van der Waals surface area (Å²) in [5, 5.41) is 7.99. The van der Waals surface area contributed by atoms with Crippen molar-refractivity contribution in [1.29, 1.82) is 0 Å². The number of aromatic nitrogens is 2. The lowest BCUT2D eigenvalue weighted by molar-refractivity contribution is 0.196. The van der Waals surface area contributed by atoms with Crippen LogP contribution in [-0.4, -0.2) is 40.4 Å². The molecule has 1 aliphatic rings. The molecule has 1 fully saturated rings. The van der Waals surface area contributed by atoms with Crippen molar-refractivity contribution in [3.63, 3.8) is 0 Å². The lowest BCUT2D eigenvalue weighted by Crippen LogP contribution is -2.48. The third kappa shape index (κ3) is 3.64. The molecule has 1 aliphatic heterocycles. The number of rotatable bonds is 3. The molecule has 2 heterocycles. The van der Waals surface area contributed by atoms with Crippen LogP contribution < -0.4 is 5.32 Å². The fraction of sp³-hybridized carbons (Fsp3) is 0.438. The highest BCUT2D eigenvalue weighted by Crippen LogP contribution is 2.16. The Bertz CT molecular complexity index is 581. The zero-order valence-corrected chi connectivity index (χ0v) is 13.4. The number of benzene rings is 1. The first-order chi connectivity index (χ1) is 9.74. The molecule has 1 aromatic heterocycles. The van der Waals surface area contributed by atoms with E-state index >= 15 is 0 Å². The summed E-state index contributed by atoms with van der Waals surface area (Å²) < 4.78 is 2.07. The molecule has 4 nitrogen and oxygen atoms in total. The van der Waals surface area contributed by atoms with Crippen molar-refractivity contribution < 1.29 is 0 Å². The van der Waals surface area contributed by atoms with Crippen LogP contribution in [0.25, 0.3) is 5.69 Å². The number of aryl methyl sites for hydroxylation is 1. The lowest BCUT2D eigenvalue weighted by Gasteiger charge is -2.31. The molecule has 1 aromatic carbocycles. The summed E-state index contributed by atoms with van der Waals surface area (Å²) in [6.07, 6.45) is 1.90. The largest absolute Gasteiger partial charge is 0.312 e. The molecule has 1 saturated heterocycles. The van der Waals surface area contributed by atoms with Crippen LogP contribution in [0, 0.1) is 6.92 Å². The van der Waals surface area contributed by atoms with E-state index in [9.17, 15) is 0 Å². The molecule has 0 saturated carbocycles. The summed E-state index contributed by atoms with van der Waals surface area (Å²) in [6, 6.07) is 11.1. The van der Waals surface area contributed by atoms with Crippen molar-refractivity contribution >= 4 is 12.4 Å². The highest BCUT2D eigenvalue weighted by Gasteiger charge is 2.17. The number of hydrogen-bond donors (Lipinski definition) is 1. The number of nitrogens with zero attached hydrogens (tertiary/aromatic N) is 3. The van der Waals surface area contributed by atoms with Gasteiger partial charge in [-0.1, -0.05) is 18.2 Å². The summed E-state index contributed by atoms with van der Waals surface area (Å²) in [6.45, 7) is 8.60. The zero-order valence-electron chi connectivity index (χ0n) is 12.6. The van der Waals surface area contributed by atoms with Gasteiger partial charge in [-0.15, -0.1) is 12.4 Å². The Morgan fingerprint density at radius 1 is 1.29 bits per heavy atom. The molecular formula is C16H23ClN4. The molecule has 1 N–H and O–H groups in total. The Labute approximate surface area is 132 Å². The third-order valence-corrected chi connectivity index (χ3v) is 3.90. The number of halogens is 1. The van der Waals surface area contributed by atoms with Gasteiger partial charge in [0.1, 0.15) is 0 Å². The van der Waals surface area contributed by atoms with Crippen LogP contribution in [0.2, 0.25) is 0 Å². The molecule has 2 aromatic rings. The maximum absolute atomic E-state index is 4.51. The van der Waals surface area contributed by atoms with E-state index < -0.39 is 0 Å². The van der Waals surface area contributed by atoms with E-state index in [1.165, 1.54) is 16.9 Å². The highest BCUT2D eigenvalue weighted by molar-refractivity contribution is 5.85. The summed E-state index contributed by atoms with van der Waals surface area (Å²) in [5.74, 6) is 0. The van der Waals surface area contributed by atoms with Crippen LogP contribution >= 0.6 is 12.4 Å². The van der Waals surface area contributed by atoms with Gasteiger partial charge in [0.25, 0.3) is 0 Å². The van der Waals surface area contributed by atoms with Gasteiger partial charge in [-0.25, -0.2) is 4.68 Å². The second kappa shape index (κ2) is 7.07. The van der Waals surface area contributed by atoms with Crippen LogP contribution in [0.4, 0.5) is 0 Å². The summed E-state index contributed by atoms with van der Waals surface area (Å²) in [4.78, 5) is 2.49. The second-order valence-electron chi connectivity index (χ2n) is 5.61. The maximum atomic E-state index is 4.51. The fourth-order valence-corrected chi connectivity index (χ4v) is 2.85. The Hall–Kier alpha value is -1.36. The van der Waals surface area contributed by atoms with Gasteiger partial charge in [-0.3, -0.25) is 4.90 Å². The number of nitrogens with one attached hydrogen (secondary N) is 1. The summed E-state index contributed by atoms with van der Waals surface area (Å²) >= 11 is 0. The van der Waals surface area contributed by atoms with Gasteiger partial charge < -0.3 is 5.32 Å².